The number of carboxylic acid groups (broad SMARTS) is 1. The van der Waals surface area contributed by atoms with Crippen LogP contribution in [0.15, 0.2) is 113 Å². The molecule has 0 aliphatic heterocycles. The van der Waals surface area contributed by atoms with Crippen molar-refractivity contribution in [2.75, 3.05) is 13.1 Å². The highest BCUT2D eigenvalue weighted by Gasteiger charge is 2.19. The number of aliphatic hydroxyl groups is 1. The van der Waals surface area contributed by atoms with Crippen molar-refractivity contribution in [2.45, 2.75) is 41.9 Å². The van der Waals surface area contributed by atoms with Gasteiger partial charge in [0.1, 0.15) is 5.75 Å². The molecule has 0 heterocycles. The second-order valence-corrected chi connectivity index (χ2v) is 12.1. The molecule has 0 spiro atoms. The zero-order chi connectivity index (χ0) is 29.4. The largest absolute Gasteiger partial charge is 0.479 e. The Morgan fingerprint density at radius 1 is 0.878 bits per heavy atom. The van der Waals surface area contributed by atoms with Crippen molar-refractivity contribution in [2.24, 2.45) is 0 Å². The van der Waals surface area contributed by atoms with E-state index in [0.717, 1.165) is 16.7 Å². The van der Waals surface area contributed by atoms with E-state index in [1.165, 1.54) is 31.2 Å². The molecule has 0 radical (unpaired) electrons. The Balaban J connectivity index is 1.43. The Labute approximate surface area is 245 Å². The molecule has 9 heteroatoms. The molecule has 0 saturated heterocycles. The predicted molar refractivity (Wildman–Crippen MR) is 158 cm³/mol. The Kier molecular flexibility index (Phi) is 10.2. The average molecular weight is 594 g/mol. The molecule has 0 fully saturated rings. The summed E-state index contributed by atoms with van der Waals surface area (Å²) < 4.78 is 31.6. The second-order valence-electron chi connectivity index (χ2n) is 9.76. The first-order valence-corrected chi connectivity index (χ1v) is 15.0. The van der Waals surface area contributed by atoms with Gasteiger partial charge >= 0.3 is 5.97 Å². The summed E-state index contributed by atoms with van der Waals surface area (Å²) in [7, 11) is -3.77. The summed E-state index contributed by atoms with van der Waals surface area (Å²) in [5.41, 5.74) is 2.84. The maximum Gasteiger partial charge on any atom is 0.344 e. The number of ether oxygens (including phenoxy) is 1. The van der Waals surface area contributed by atoms with Crippen LogP contribution in [0.5, 0.6) is 5.75 Å². The highest BCUT2D eigenvalue weighted by atomic mass is 35.5. The number of aliphatic hydroxyl groups excluding tert-OH is 1. The van der Waals surface area contributed by atoms with Gasteiger partial charge in [-0.15, -0.1) is 0 Å². The molecule has 0 bridgehead atoms. The summed E-state index contributed by atoms with van der Waals surface area (Å²) in [6.07, 6.45) is -1.11. The van der Waals surface area contributed by atoms with Gasteiger partial charge < -0.3 is 14.9 Å². The lowest BCUT2D eigenvalue weighted by molar-refractivity contribution is -0.144. The van der Waals surface area contributed by atoms with E-state index in [2.05, 4.69) is 4.90 Å². The van der Waals surface area contributed by atoms with Gasteiger partial charge in [-0.3, -0.25) is 4.90 Å². The van der Waals surface area contributed by atoms with Gasteiger partial charge in [-0.1, -0.05) is 66.2 Å². The number of sulfone groups is 1. The van der Waals surface area contributed by atoms with E-state index in [1.807, 2.05) is 42.5 Å². The van der Waals surface area contributed by atoms with Gasteiger partial charge in [-0.25, -0.2) is 13.2 Å². The minimum Gasteiger partial charge on any atom is -0.479 e. The standard InChI is InChI=1S/C32H32ClNO6S/c1-23(32(36)37)40-28-12-16-30(17-13-28)41(38,39)29-14-10-24(11-15-29)18-19-34(21-25-6-3-2-4-7-25)22-31(35)26-8-5-9-27(33)20-26/h2-17,20,23,31,35H,18-19,21-22H2,1H3,(H,36,37)/t23-,31-/m1/s1. The molecular weight excluding hydrogens is 562 g/mol. The minimum atomic E-state index is -3.77. The Morgan fingerprint density at radius 3 is 2.12 bits per heavy atom. The van der Waals surface area contributed by atoms with Crippen LogP contribution in [0, 0.1) is 0 Å². The molecule has 0 unspecified atom stereocenters. The van der Waals surface area contributed by atoms with E-state index in [9.17, 15) is 18.3 Å². The van der Waals surface area contributed by atoms with Crippen LogP contribution in [0.3, 0.4) is 0 Å². The molecule has 0 saturated carbocycles. The van der Waals surface area contributed by atoms with E-state index < -0.39 is 28.0 Å². The van der Waals surface area contributed by atoms with Gasteiger partial charge in [0.15, 0.2) is 6.10 Å². The van der Waals surface area contributed by atoms with Crippen molar-refractivity contribution in [3.05, 3.63) is 125 Å². The van der Waals surface area contributed by atoms with Gasteiger partial charge in [0.25, 0.3) is 0 Å². The second kappa shape index (κ2) is 13.8. The normalized spacial score (nSPS) is 13.1. The summed E-state index contributed by atoms with van der Waals surface area (Å²) in [6, 6.07) is 29.7. The van der Waals surface area contributed by atoms with Crippen LogP contribution in [-0.4, -0.2) is 48.7 Å². The molecule has 2 atom stereocenters. The molecule has 4 aromatic carbocycles. The number of aliphatic carboxylic acids is 1. The lowest BCUT2D eigenvalue weighted by Crippen LogP contribution is -2.30. The molecule has 0 aromatic heterocycles. The summed E-state index contributed by atoms with van der Waals surface area (Å²) in [6.45, 7) is 3.11. The first-order valence-electron chi connectivity index (χ1n) is 13.1. The molecule has 4 aromatic rings. The Morgan fingerprint density at radius 2 is 1.51 bits per heavy atom. The molecular formula is C32H32ClNO6S. The summed E-state index contributed by atoms with van der Waals surface area (Å²) in [5.74, 6) is -0.836. The van der Waals surface area contributed by atoms with E-state index >= 15 is 0 Å². The quantitative estimate of drug-likeness (QED) is 0.202. The van der Waals surface area contributed by atoms with Crippen LogP contribution in [-0.2, 0) is 27.6 Å². The fourth-order valence-corrected chi connectivity index (χ4v) is 5.81. The average Bonchev–Trinajstić information content (AvgIpc) is 2.97. The summed E-state index contributed by atoms with van der Waals surface area (Å²) in [5, 5.41) is 20.5. The fraction of sp³-hybridized carbons (Fsp3) is 0.219. The molecule has 0 aliphatic carbocycles. The molecule has 41 heavy (non-hydrogen) atoms. The highest BCUT2D eigenvalue weighted by molar-refractivity contribution is 7.91. The molecule has 2 N–H and O–H groups in total. The fourth-order valence-electron chi connectivity index (χ4n) is 4.35. The summed E-state index contributed by atoms with van der Waals surface area (Å²) in [4.78, 5) is 13.4. The maximum absolute atomic E-state index is 13.2. The minimum absolute atomic E-state index is 0.0876. The SMILES string of the molecule is C[C@@H](Oc1ccc(S(=O)(=O)c2ccc(CCN(Cc3ccccc3)C[C@@H](O)c3cccc(Cl)c3)cc2)cc1)C(=O)O. The van der Waals surface area contributed by atoms with Crippen molar-refractivity contribution in [1.29, 1.82) is 0 Å². The number of hydrogen-bond acceptors (Lipinski definition) is 6. The lowest BCUT2D eigenvalue weighted by Gasteiger charge is -2.25. The smallest absolute Gasteiger partial charge is 0.344 e. The highest BCUT2D eigenvalue weighted by Crippen LogP contribution is 2.25. The third-order valence-corrected chi connectivity index (χ3v) is 8.68. The first kappa shape index (κ1) is 30.3. The summed E-state index contributed by atoms with van der Waals surface area (Å²) >= 11 is 6.12. The van der Waals surface area contributed by atoms with E-state index in [-0.39, 0.29) is 15.5 Å². The van der Waals surface area contributed by atoms with Gasteiger partial charge in [0, 0.05) is 24.7 Å². The number of nitrogens with zero attached hydrogens (tertiary/aromatic N) is 1. The van der Waals surface area contributed by atoms with Gasteiger partial charge in [0.2, 0.25) is 9.84 Å². The number of benzene rings is 4. The molecule has 7 nitrogen and oxygen atoms in total. The number of carbonyl (C=O) groups is 1. The molecule has 214 valence electrons. The Hall–Kier alpha value is -3.69. The van der Waals surface area contributed by atoms with E-state index in [1.54, 1.807) is 36.4 Å². The predicted octanol–water partition coefficient (Wildman–Crippen LogP) is 5.80. The van der Waals surface area contributed by atoms with E-state index in [4.69, 9.17) is 21.4 Å². The van der Waals surface area contributed by atoms with Crippen LogP contribution in [0.1, 0.15) is 29.7 Å². The Bertz CT molecular complexity index is 1540. The van der Waals surface area contributed by atoms with Gasteiger partial charge in [-0.05, 0) is 78.6 Å². The third-order valence-electron chi connectivity index (χ3n) is 6.66. The van der Waals surface area contributed by atoms with Crippen LogP contribution >= 0.6 is 11.6 Å². The van der Waals surface area contributed by atoms with Crippen molar-refractivity contribution >= 4 is 27.4 Å². The van der Waals surface area contributed by atoms with Gasteiger partial charge in [0.05, 0.1) is 15.9 Å². The number of hydrogen-bond donors (Lipinski definition) is 2. The monoisotopic (exact) mass is 593 g/mol. The third kappa shape index (κ3) is 8.41. The molecule has 0 amide bonds. The molecule has 0 aliphatic rings. The lowest BCUT2D eigenvalue weighted by atomic mass is 10.1. The topological polar surface area (TPSA) is 104 Å². The number of halogens is 1. The van der Waals surface area contributed by atoms with Crippen molar-refractivity contribution in [1.82, 2.24) is 4.90 Å². The van der Waals surface area contributed by atoms with Gasteiger partial charge in [-0.2, -0.15) is 0 Å². The van der Waals surface area contributed by atoms with Crippen LogP contribution in [0.25, 0.3) is 0 Å². The number of rotatable bonds is 13. The van der Waals surface area contributed by atoms with Crippen LogP contribution < -0.4 is 4.74 Å². The molecule has 4 rings (SSSR count). The maximum atomic E-state index is 13.2. The first-order chi connectivity index (χ1) is 19.6. The van der Waals surface area contributed by atoms with Crippen molar-refractivity contribution < 1.29 is 28.2 Å². The van der Waals surface area contributed by atoms with E-state index in [0.29, 0.717) is 31.1 Å². The number of carboxylic acids is 1. The van der Waals surface area contributed by atoms with Crippen LogP contribution in [0.2, 0.25) is 5.02 Å². The van der Waals surface area contributed by atoms with Crippen molar-refractivity contribution in [3.63, 3.8) is 0 Å². The zero-order valence-corrected chi connectivity index (χ0v) is 24.1. The zero-order valence-electron chi connectivity index (χ0n) is 22.6. The van der Waals surface area contributed by atoms with Crippen LogP contribution in [0.4, 0.5) is 0 Å². The van der Waals surface area contributed by atoms with Crippen molar-refractivity contribution in [3.8, 4) is 5.75 Å².